The summed E-state index contributed by atoms with van der Waals surface area (Å²) in [4.78, 5) is 13.1. The molecule has 2 heterocycles. The molecule has 0 amide bonds. The third kappa shape index (κ3) is 3.25. The van der Waals surface area contributed by atoms with Gasteiger partial charge in [-0.25, -0.2) is 13.2 Å². The molecule has 0 bridgehead atoms. The Balaban J connectivity index is 1.91. The minimum atomic E-state index is -3.30. The van der Waals surface area contributed by atoms with E-state index in [0.29, 0.717) is 12.2 Å². The third-order valence-corrected chi connectivity index (χ3v) is 6.69. The van der Waals surface area contributed by atoms with E-state index in [0.717, 1.165) is 28.0 Å². The van der Waals surface area contributed by atoms with Crippen molar-refractivity contribution in [3.8, 4) is 5.75 Å². The number of sulfone groups is 1. The van der Waals surface area contributed by atoms with Crippen molar-refractivity contribution in [2.75, 3.05) is 12.9 Å². The standard InChI is InChI=1S/C23H24O5S/c1-22(2)13-27-18-11-8-15(12-17(18)22)19-20(23(3,4)28-21(19)24)14-6-9-16(10-7-14)29(5,25)26/h6-12H,13H2,1-5H3. The van der Waals surface area contributed by atoms with Gasteiger partial charge in [-0.2, -0.15) is 0 Å². The molecule has 0 aromatic heterocycles. The van der Waals surface area contributed by atoms with E-state index in [1.165, 1.54) is 6.26 Å². The highest BCUT2D eigenvalue weighted by Crippen LogP contribution is 2.46. The molecular weight excluding hydrogens is 388 g/mol. The molecule has 152 valence electrons. The van der Waals surface area contributed by atoms with Gasteiger partial charge >= 0.3 is 5.97 Å². The molecule has 0 saturated heterocycles. The van der Waals surface area contributed by atoms with E-state index in [1.807, 2.05) is 32.0 Å². The van der Waals surface area contributed by atoms with Crippen LogP contribution in [-0.4, -0.2) is 32.9 Å². The Labute approximate surface area is 171 Å². The summed E-state index contributed by atoms with van der Waals surface area (Å²) in [5.41, 5.74) is 2.89. The van der Waals surface area contributed by atoms with Crippen LogP contribution in [-0.2, 0) is 24.8 Å². The van der Waals surface area contributed by atoms with E-state index in [1.54, 1.807) is 24.3 Å². The van der Waals surface area contributed by atoms with Crippen molar-refractivity contribution in [1.82, 2.24) is 0 Å². The van der Waals surface area contributed by atoms with Gasteiger partial charge in [-0.3, -0.25) is 0 Å². The largest absolute Gasteiger partial charge is 0.492 e. The molecule has 0 radical (unpaired) electrons. The molecule has 2 aliphatic heterocycles. The van der Waals surface area contributed by atoms with E-state index in [-0.39, 0.29) is 16.3 Å². The van der Waals surface area contributed by atoms with E-state index < -0.39 is 15.4 Å². The maximum absolute atomic E-state index is 12.9. The van der Waals surface area contributed by atoms with Crippen LogP contribution in [0.3, 0.4) is 0 Å². The summed E-state index contributed by atoms with van der Waals surface area (Å²) in [5.74, 6) is 0.456. The van der Waals surface area contributed by atoms with Gasteiger partial charge in [0.05, 0.1) is 17.1 Å². The Morgan fingerprint density at radius 3 is 2.17 bits per heavy atom. The van der Waals surface area contributed by atoms with Gasteiger partial charge in [0.25, 0.3) is 0 Å². The number of ether oxygens (including phenoxy) is 2. The van der Waals surface area contributed by atoms with Crippen molar-refractivity contribution in [3.05, 3.63) is 59.2 Å². The van der Waals surface area contributed by atoms with Gasteiger partial charge in [0.2, 0.25) is 0 Å². The average molecular weight is 413 g/mol. The number of esters is 1. The number of carbonyl (C=O) groups excluding carboxylic acids is 1. The zero-order chi connectivity index (χ0) is 21.2. The van der Waals surface area contributed by atoms with Crippen LogP contribution >= 0.6 is 0 Å². The molecule has 0 spiro atoms. The predicted octanol–water partition coefficient (Wildman–Crippen LogP) is 4.01. The molecule has 0 atom stereocenters. The van der Waals surface area contributed by atoms with Gasteiger partial charge in [0, 0.05) is 22.8 Å². The zero-order valence-corrected chi connectivity index (χ0v) is 18.0. The van der Waals surface area contributed by atoms with Crippen molar-refractivity contribution >= 4 is 27.0 Å². The zero-order valence-electron chi connectivity index (χ0n) is 17.2. The molecule has 2 aromatic carbocycles. The fourth-order valence-corrected chi connectivity index (χ4v) is 4.67. The second-order valence-electron chi connectivity index (χ2n) is 8.83. The molecule has 2 aromatic rings. The summed E-state index contributed by atoms with van der Waals surface area (Å²) in [6.07, 6.45) is 1.17. The molecule has 5 nitrogen and oxygen atoms in total. The van der Waals surface area contributed by atoms with E-state index >= 15 is 0 Å². The minimum absolute atomic E-state index is 0.138. The Morgan fingerprint density at radius 1 is 0.931 bits per heavy atom. The fourth-order valence-electron chi connectivity index (χ4n) is 4.04. The van der Waals surface area contributed by atoms with Crippen molar-refractivity contribution in [1.29, 1.82) is 0 Å². The maximum atomic E-state index is 12.9. The van der Waals surface area contributed by atoms with Crippen LogP contribution in [0.25, 0.3) is 11.1 Å². The van der Waals surface area contributed by atoms with Crippen LogP contribution < -0.4 is 4.74 Å². The number of hydrogen-bond acceptors (Lipinski definition) is 5. The van der Waals surface area contributed by atoms with Crippen LogP contribution in [0.4, 0.5) is 0 Å². The van der Waals surface area contributed by atoms with E-state index in [2.05, 4.69) is 13.8 Å². The van der Waals surface area contributed by atoms with Crippen LogP contribution in [0.15, 0.2) is 47.4 Å². The highest BCUT2D eigenvalue weighted by atomic mass is 32.2. The van der Waals surface area contributed by atoms with Gasteiger partial charge in [-0.15, -0.1) is 0 Å². The molecule has 6 heteroatoms. The Bertz CT molecular complexity index is 1150. The van der Waals surface area contributed by atoms with Crippen LogP contribution in [0.2, 0.25) is 0 Å². The molecule has 0 saturated carbocycles. The van der Waals surface area contributed by atoms with E-state index in [9.17, 15) is 13.2 Å². The van der Waals surface area contributed by atoms with Gasteiger partial charge in [0.15, 0.2) is 9.84 Å². The monoisotopic (exact) mass is 412 g/mol. The quantitative estimate of drug-likeness (QED) is 0.713. The Kier molecular flexibility index (Phi) is 4.21. The molecule has 0 aliphatic carbocycles. The summed E-state index contributed by atoms with van der Waals surface area (Å²) >= 11 is 0. The number of benzene rings is 2. The summed E-state index contributed by atoms with van der Waals surface area (Å²) in [6.45, 7) is 8.51. The molecule has 29 heavy (non-hydrogen) atoms. The smallest absolute Gasteiger partial charge is 0.340 e. The van der Waals surface area contributed by atoms with Crippen LogP contribution in [0, 0.1) is 0 Å². The van der Waals surface area contributed by atoms with Crippen molar-refractivity contribution in [3.63, 3.8) is 0 Å². The summed E-state index contributed by atoms with van der Waals surface area (Å²) in [6, 6.07) is 12.4. The highest BCUT2D eigenvalue weighted by molar-refractivity contribution is 7.90. The first-order valence-electron chi connectivity index (χ1n) is 9.46. The first-order valence-corrected chi connectivity index (χ1v) is 11.4. The number of cyclic esters (lactones) is 1. The SMILES string of the molecule is CC1(C)OC(=O)C(c2ccc3c(c2)C(C)(C)CO3)=C1c1ccc(S(C)(=O)=O)cc1. The molecule has 2 aliphatic rings. The van der Waals surface area contributed by atoms with Crippen molar-refractivity contribution in [2.45, 2.75) is 43.6 Å². The summed E-state index contributed by atoms with van der Waals surface area (Å²) < 4.78 is 35.1. The van der Waals surface area contributed by atoms with Gasteiger partial charge < -0.3 is 9.47 Å². The van der Waals surface area contributed by atoms with Crippen LogP contribution in [0.1, 0.15) is 44.4 Å². The lowest BCUT2D eigenvalue weighted by atomic mass is 9.83. The number of fused-ring (bicyclic) bond motifs is 1. The van der Waals surface area contributed by atoms with Gasteiger partial charge in [-0.1, -0.05) is 32.0 Å². The molecule has 4 rings (SSSR count). The van der Waals surface area contributed by atoms with E-state index in [4.69, 9.17) is 9.47 Å². The number of hydrogen-bond donors (Lipinski definition) is 0. The molecule has 0 fully saturated rings. The first-order chi connectivity index (χ1) is 13.4. The maximum Gasteiger partial charge on any atom is 0.340 e. The number of rotatable bonds is 3. The second kappa shape index (κ2) is 6.20. The Morgan fingerprint density at radius 2 is 1.55 bits per heavy atom. The summed E-state index contributed by atoms with van der Waals surface area (Å²) in [5, 5.41) is 0. The topological polar surface area (TPSA) is 69.7 Å². The Hall–Kier alpha value is -2.60. The number of carbonyl (C=O) groups is 1. The highest BCUT2D eigenvalue weighted by Gasteiger charge is 2.42. The molecule has 0 unspecified atom stereocenters. The predicted molar refractivity (Wildman–Crippen MR) is 111 cm³/mol. The van der Waals surface area contributed by atoms with Crippen molar-refractivity contribution in [2.24, 2.45) is 0 Å². The lowest BCUT2D eigenvalue weighted by Crippen LogP contribution is -2.22. The molecular formula is C23H24O5S. The second-order valence-corrected chi connectivity index (χ2v) is 10.8. The first kappa shape index (κ1) is 19.7. The van der Waals surface area contributed by atoms with Gasteiger partial charge in [-0.05, 0) is 49.2 Å². The summed E-state index contributed by atoms with van der Waals surface area (Å²) in [7, 11) is -3.30. The fraction of sp³-hybridized carbons (Fsp3) is 0.348. The lowest BCUT2D eigenvalue weighted by molar-refractivity contribution is -0.141. The normalized spacial score (nSPS) is 19.7. The minimum Gasteiger partial charge on any atom is -0.492 e. The lowest BCUT2D eigenvalue weighted by Gasteiger charge is -2.22. The average Bonchev–Trinajstić information content (AvgIpc) is 3.05. The van der Waals surface area contributed by atoms with Gasteiger partial charge in [0.1, 0.15) is 11.4 Å². The molecule has 0 N–H and O–H groups in total. The van der Waals surface area contributed by atoms with Crippen LogP contribution in [0.5, 0.6) is 5.75 Å². The van der Waals surface area contributed by atoms with Crippen molar-refractivity contribution < 1.29 is 22.7 Å². The third-order valence-electron chi connectivity index (χ3n) is 5.56.